The molecule has 2 aromatic rings. The highest BCUT2D eigenvalue weighted by Gasteiger charge is 2.07. The SMILES string of the molecule is Cc1ccc(/C=C/C(=O)NC(=S)NNC(=O)COc2ccc(Br)cc2Br)cc1. The minimum atomic E-state index is -0.457. The van der Waals surface area contributed by atoms with E-state index in [1.807, 2.05) is 31.2 Å². The first-order valence-corrected chi connectivity index (χ1v) is 10.1. The molecule has 0 aromatic heterocycles. The molecule has 6 nitrogen and oxygen atoms in total. The molecule has 0 unspecified atom stereocenters. The van der Waals surface area contributed by atoms with E-state index >= 15 is 0 Å². The number of hydrogen-bond donors (Lipinski definition) is 3. The molecular weight excluding hydrogens is 510 g/mol. The summed E-state index contributed by atoms with van der Waals surface area (Å²) in [6.07, 6.45) is 3.02. The van der Waals surface area contributed by atoms with Crippen molar-refractivity contribution in [2.75, 3.05) is 6.61 Å². The fourth-order valence-electron chi connectivity index (χ4n) is 1.93. The number of rotatable bonds is 5. The molecule has 0 atom stereocenters. The van der Waals surface area contributed by atoms with Crippen molar-refractivity contribution >= 4 is 67.1 Å². The minimum Gasteiger partial charge on any atom is -0.483 e. The quantitative estimate of drug-likeness (QED) is 0.315. The van der Waals surface area contributed by atoms with Crippen LogP contribution < -0.4 is 20.9 Å². The second-order valence-electron chi connectivity index (χ2n) is 5.60. The maximum Gasteiger partial charge on any atom is 0.276 e. The predicted molar refractivity (Wildman–Crippen MR) is 120 cm³/mol. The highest BCUT2D eigenvalue weighted by atomic mass is 79.9. The van der Waals surface area contributed by atoms with Gasteiger partial charge in [-0.3, -0.25) is 25.8 Å². The standard InChI is InChI=1S/C19H17Br2N3O3S/c1-12-2-4-13(5-3-12)6-9-17(25)22-19(28)24-23-18(26)11-27-16-8-7-14(20)10-15(16)21/h2-10H,11H2,1H3,(H,23,26)(H2,22,24,25,28)/b9-6+. The van der Waals surface area contributed by atoms with Crippen LogP contribution in [0.5, 0.6) is 5.75 Å². The van der Waals surface area contributed by atoms with Crippen molar-refractivity contribution in [1.29, 1.82) is 0 Å². The van der Waals surface area contributed by atoms with Crippen LogP contribution in [-0.4, -0.2) is 23.5 Å². The van der Waals surface area contributed by atoms with E-state index in [9.17, 15) is 9.59 Å². The molecule has 2 rings (SSSR count). The van der Waals surface area contributed by atoms with Gasteiger partial charge in [-0.05, 0) is 64.9 Å². The van der Waals surface area contributed by atoms with Gasteiger partial charge in [0.25, 0.3) is 5.91 Å². The maximum absolute atomic E-state index is 11.8. The number of carbonyl (C=O) groups is 2. The van der Waals surface area contributed by atoms with Crippen molar-refractivity contribution in [2.45, 2.75) is 6.92 Å². The molecule has 0 aliphatic carbocycles. The van der Waals surface area contributed by atoms with Crippen molar-refractivity contribution in [3.05, 3.63) is 68.6 Å². The number of nitrogens with one attached hydrogen (secondary N) is 3. The molecular formula is C19H17Br2N3O3S. The number of hydrazine groups is 1. The van der Waals surface area contributed by atoms with Crippen LogP contribution >= 0.6 is 44.1 Å². The number of carbonyl (C=O) groups excluding carboxylic acids is 2. The summed E-state index contributed by atoms with van der Waals surface area (Å²) in [6.45, 7) is 1.76. The van der Waals surface area contributed by atoms with E-state index < -0.39 is 11.8 Å². The number of hydrogen-bond acceptors (Lipinski definition) is 4. The third-order valence-electron chi connectivity index (χ3n) is 3.31. The molecule has 0 bridgehead atoms. The average Bonchev–Trinajstić information content (AvgIpc) is 2.65. The van der Waals surface area contributed by atoms with Crippen molar-refractivity contribution in [1.82, 2.24) is 16.2 Å². The van der Waals surface area contributed by atoms with Crippen LogP contribution in [0.15, 0.2) is 57.5 Å². The largest absolute Gasteiger partial charge is 0.483 e. The van der Waals surface area contributed by atoms with Crippen LogP contribution in [0.25, 0.3) is 6.08 Å². The Labute approximate surface area is 185 Å². The Morgan fingerprint density at radius 2 is 1.82 bits per heavy atom. The summed E-state index contributed by atoms with van der Waals surface area (Å²) in [5, 5.41) is 2.40. The van der Waals surface area contributed by atoms with E-state index in [2.05, 4.69) is 48.0 Å². The van der Waals surface area contributed by atoms with E-state index in [4.69, 9.17) is 17.0 Å². The van der Waals surface area contributed by atoms with Gasteiger partial charge >= 0.3 is 0 Å². The number of benzene rings is 2. The zero-order chi connectivity index (χ0) is 20.5. The lowest BCUT2D eigenvalue weighted by molar-refractivity contribution is -0.123. The first-order chi connectivity index (χ1) is 13.3. The van der Waals surface area contributed by atoms with Gasteiger partial charge in [0, 0.05) is 10.5 Å². The second kappa shape index (κ2) is 10.9. The summed E-state index contributed by atoms with van der Waals surface area (Å²) in [4.78, 5) is 23.7. The van der Waals surface area contributed by atoms with Gasteiger partial charge < -0.3 is 4.74 Å². The molecule has 0 saturated carbocycles. The molecule has 0 radical (unpaired) electrons. The molecule has 146 valence electrons. The van der Waals surface area contributed by atoms with Crippen LogP contribution in [0.1, 0.15) is 11.1 Å². The van der Waals surface area contributed by atoms with Gasteiger partial charge in [-0.1, -0.05) is 45.8 Å². The Morgan fingerprint density at radius 1 is 1.11 bits per heavy atom. The molecule has 0 heterocycles. The third kappa shape index (κ3) is 7.79. The Bertz CT molecular complexity index is 902. The first kappa shape index (κ1) is 22.1. The molecule has 0 saturated heterocycles. The Hall–Kier alpha value is -2.23. The lowest BCUT2D eigenvalue weighted by Gasteiger charge is -2.11. The third-order valence-corrected chi connectivity index (χ3v) is 4.63. The van der Waals surface area contributed by atoms with Crippen LogP contribution in [0.3, 0.4) is 0 Å². The first-order valence-electron chi connectivity index (χ1n) is 8.06. The minimum absolute atomic E-state index is 0.0308. The van der Waals surface area contributed by atoms with Gasteiger partial charge in [0.05, 0.1) is 4.47 Å². The maximum atomic E-state index is 11.8. The van der Waals surface area contributed by atoms with Crippen LogP contribution in [0.4, 0.5) is 0 Å². The Balaban J connectivity index is 1.71. The number of halogens is 2. The predicted octanol–water partition coefficient (Wildman–Crippen LogP) is 3.63. The van der Waals surface area contributed by atoms with Crippen molar-refractivity contribution < 1.29 is 14.3 Å². The van der Waals surface area contributed by atoms with E-state index in [-0.39, 0.29) is 11.7 Å². The van der Waals surface area contributed by atoms with Crippen LogP contribution in [0.2, 0.25) is 0 Å². The van der Waals surface area contributed by atoms with Gasteiger partial charge in [0.1, 0.15) is 5.75 Å². The van der Waals surface area contributed by atoms with Crippen LogP contribution in [0, 0.1) is 6.92 Å². The highest BCUT2D eigenvalue weighted by Crippen LogP contribution is 2.27. The Kier molecular flexibility index (Phi) is 8.62. The number of ether oxygens (including phenoxy) is 1. The van der Waals surface area contributed by atoms with E-state index in [0.29, 0.717) is 10.2 Å². The average molecular weight is 527 g/mol. The summed E-state index contributed by atoms with van der Waals surface area (Å²) in [5.41, 5.74) is 6.83. The van der Waals surface area contributed by atoms with Crippen LogP contribution in [-0.2, 0) is 9.59 Å². The zero-order valence-corrected chi connectivity index (χ0v) is 18.8. The highest BCUT2D eigenvalue weighted by molar-refractivity contribution is 9.11. The van der Waals surface area contributed by atoms with Crippen molar-refractivity contribution in [3.8, 4) is 5.75 Å². The fourth-order valence-corrected chi connectivity index (χ4v) is 3.25. The molecule has 0 aliphatic heterocycles. The molecule has 2 amide bonds. The number of aryl methyl sites for hydroxylation is 1. The summed E-state index contributed by atoms with van der Waals surface area (Å²) in [7, 11) is 0. The topological polar surface area (TPSA) is 79.5 Å². The zero-order valence-electron chi connectivity index (χ0n) is 14.8. The summed E-state index contributed by atoms with van der Waals surface area (Å²) in [6, 6.07) is 13.0. The second-order valence-corrected chi connectivity index (χ2v) is 7.78. The van der Waals surface area contributed by atoms with E-state index in [1.54, 1.807) is 24.3 Å². The van der Waals surface area contributed by atoms with E-state index in [1.165, 1.54) is 6.08 Å². The van der Waals surface area contributed by atoms with Gasteiger partial charge in [-0.25, -0.2) is 0 Å². The van der Waals surface area contributed by atoms with Gasteiger partial charge in [0.15, 0.2) is 11.7 Å². The normalized spacial score (nSPS) is 10.4. The van der Waals surface area contributed by atoms with Crippen molar-refractivity contribution in [3.63, 3.8) is 0 Å². The van der Waals surface area contributed by atoms with Gasteiger partial charge in [0.2, 0.25) is 5.91 Å². The number of thiocarbonyl (C=S) groups is 1. The van der Waals surface area contributed by atoms with Crippen molar-refractivity contribution in [2.24, 2.45) is 0 Å². The lowest BCUT2D eigenvalue weighted by atomic mass is 10.1. The molecule has 0 fully saturated rings. The van der Waals surface area contributed by atoms with Gasteiger partial charge in [-0.2, -0.15) is 0 Å². The lowest BCUT2D eigenvalue weighted by Crippen LogP contribution is -2.49. The fraction of sp³-hybridized carbons (Fsp3) is 0.105. The smallest absolute Gasteiger partial charge is 0.276 e. The van der Waals surface area contributed by atoms with Gasteiger partial charge in [-0.15, -0.1) is 0 Å². The molecule has 2 aromatic carbocycles. The molecule has 0 spiro atoms. The molecule has 3 N–H and O–H groups in total. The molecule has 28 heavy (non-hydrogen) atoms. The summed E-state index contributed by atoms with van der Waals surface area (Å²) < 4.78 is 7.00. The molecule has 9 heteroatoms. The summed E-state index contributed by atoms with van der Waals surface area (Å²) in [5.74, 6) is -0.348. The molecule has 0 aliphatic rings. The number of amides is 2. The van der Waals surface area contributed by atoms with E-state index in [0.717, 1.165) is 15.6 Å². The monoisotopic (exact) mass is 525 g/mol. The summed E-state index contributed by atoms with van der Waals surface area (Å²) >= 11 is 11.6. The Morgan fingerprint density at radius 3 is 2.50 bits per heavy atom.